The van der Waals surface area contributed by atoms with Gasteiger partial charge in [0.15, 0.2) is 0 Å². The van der Waals surface area contributed by atoms with Gasteiger partial charge in [-0.2, -0.15) is 0 Å². The van der Waals surface area contributed by atoms with E-state index in [-0.39, 0.29) is 11.3 Å². The second-order valence-corrected chi connectivity index (χ2v) is 8.19. The molecule has 0 bridgehead atoms. The fourth-order valence-electron chi connectivity index (χ4n) is 3.10. The van der Waals surface area contributed by atoms with Gasteiger partial charge in [0.1, 0.15) is 11.1 Å². The first-order chi connectivity index (χ1) is 12.9. The molecule has 1 atom stereocenters. The summed E-state index contributed by atoms with van der Waals surface area (Å²) in [5.74, 6) is 0.350. The fourth-order valence-corrected chi connectivity index (χ4v) is 4.37. The van der Waals surface area contributed by atoms with Gasteiger partial charge in [-0.05, 0) is 68.9 Å². The molecule has 1 aliphatic heterocycles. The quantitative estimate of drug-likeness (QED) is 0.800. The highest BCUT2D eigenvalue weighted by Crippen LogP contribution is 2.46. The van der Waals surface area contributed by atoms with Crippen LogP contribution in [0.25, 0.3) is 6.08 Å². The van der Waals surface area contributed by atoms with Gasteiger partial charge in [-0.15, -0.1) is 0 Å². The summed E-state index contributed by atoms with van der Waals surface area (Å²) in [6, 6.07) is 7.73. The summed E-state index contributed by atoms with van der Waals surface area (Å²) in [5, 5.41) is 9.91. The Morgan fingerprint density at radius 1 is 1.30 bits per heavy atom. The van der Waals surface area contributed by atoms with Crippen molar-refractivity contribution in [1.29, 1.82) is 0 Å². The van der Waals surface area contributed by atoms with Crippen molar-refractivity contribution >= 4 is 23.7 Å². The van der Waals surface area contributed by atoms with Gasteiger partial charge in [0.25, 0.3) is 5.91 Å². The molecule has 1 aromatic carbocycles. The minimum Gasteiger partial charge on any atom is -0.507 e. The van der Waals surface area contributed by atoms with Gasteiger partial charge in [0.05, 0.1) is 4.91 Å². The molecule has 1 N–H and O–H groups in total. The van der Waals surface area contributed by atoms with Crippen molar-refractivity contribution in [3.05, 3.63) is 63.8 Å². The minimum absolute atomic E-state index is 0.0408. The van der Waals surface area contributed by atoms with E-state index < -0.39 is 0 Å². The highest BCUT2D eigenvalue weighted by molar-refractivity contribution is 8.04. The number of hydrogen-bond donors (Lipinski definition) is 1. The molecule has 0 radical (unpaired) electrons. The summed E-state index contributed by atoms with van der Waals surface area (Å²) in [4.78, 5) is 22.0. The van der Waals surface area contributed by atoms with E-state index >= 15 is 0 Å². The number of likely N-dealkylation sites (N-methyl/N-ethyl adjacent to an activating group) is 1. The van der Waals surface area contributed by atoms with Crippen molar-refractivity contribution in [1.82, 2.24) is 14.8 Å². The van der Waals surface area contributed by atoms with E-state index in [1.807, 2.05) is 69.4 Å². The summed E-state index contributed by atoms with van der Waals surface area (Å²) in [6.07, 6.45) is 5.49. The number of thioether (sulfide) groups is 1. The molecule has 142 valence electrons. The topological polar surface area (TPSA) is 56.7 Å². The second kappa shape index (κ2) is 8.15. The monoisotopic (exact) mass is 383 g/mol. The Kier molecular flexibility index (Phi) is 5.87. The molecule has 1 aliphatic rings. The maximum atomic E-state index is 13.1. The van der Waals surface area contributed by atoms with E-state index in [2.05, 4.69) is 9.88 Å². The normalized spacial score (nSPS) is 18.7. The Labute approximate surface area is 164 Å². The average Bonchev–Trinajstić information content (AvgIpc) is 2.94. The number of phenolic OH excluding ortho intramolecular Hbond substituents is 1. The molecule has 0 saturated carbocycles. The van der Waals surface area contributed by atoms with E-state index in [1.54, 1.807) is 18.0 Å². The molecule has 1 saturated heterocycles. The van der Waals surface area contributed by atoms with Crippen molar-refractivity contribution in [3.63, 3.8) is 0 Å². The lowest BCUT2D eigenvalue weighted by molar-refractivity contribution is -0.126. The summed E-state index contributed by atoms with van der Waals surface area (Å²) in [7, 11) is 4.01. The molecule has 27 heavy (non-hydrogen) atoms. The van der Waals surface area contributed by atoms with Crippen LogP contribution in [0, 0.1) is 13.8 Å². The summed E-state index contributed by atoms with van der Waals surface area (Å²) >= 11 is 1.56. The molecule has 5 nitrogen and oxygen atoms in total. The number of phenols is 1. The van der Waals surface area contributed by atoms with Gasteiger partial charge < -0.3 is 14.9 Å². The van der Waals surface area contributed by atoms with Gasteiger partial charge in [0.2, 0.25) is 0 Å². The first kappa shape index (κ1) is 19.5. The van der Waals surface area contributed by atoms with Gasteiger partial charge in [0, 0.05) is 31.0 Å². The number of carbonyl (C=O) groups is 1. The predicted molar refractivity (Wildman–Crippen MR) is 110 cm³/mol. The molecule has 0 spiro atoms. The number of amides is 1. The maximum Gasteiger partial charge on any atom is 0.261 e. The first-order valence-corrected chi connectivity index (χ1v) is 9.79. The molecule has 1 amide bonds. The van der Waals surface area contributed by atoms with Crippen LogP contribution in [-0.4, -0.2) is 53.0 Å². The van der Waals surface area contributed by atoms with Crippen LogP contribution in [0.1, 0.15) is 27.6 Å². The Hall–Kier alpha value is -2.31. The molecule has 3 rings (SSSR count). The fraction of sp³-hybridized carbons (Fsp3) is 0.333. The number of aromatic nitrogens is 1. The van der Waals surface area contributed by atoms with Gasteiger partial charge in [-0.1, -0.05) is 17.8 Å². The molecular formula is C21H25N3O2S. The minimum atomic E-state index is -0.0725. The van der Waals surface area contributed by atoms with Gasteiger partial charge in [-0.3, -0.25) is 9.78 Å². The molecule has 1 unspecified atom stereocenters. The van der Waals surface area contributed by atoms with Crippen LogP contribution in [-0.2, 0) is 4.79 Å². The standard InChI is InChI=1S/C21H25N3O2S/c1-14-10-16(11-15(2)19(14)25)12-18-20(26)24(9-8-23(3)4)21(27-18)17-6-5-7-22-13-17/h5-7,10-13,21,25H,8-9H2,1-4H3. The van der Waals surface area contributed by atoms with Crippen LogP contribution in [0.4, 0.5) is 0 Å². The van der Waals surface area contributed by atoms with Crippen LogP contribution in [0.2, 0.25) is 0 Å². The second-order valence-electron chi connectivity index (χ2n) is 7.07. The molecule has 1 fully saturated rings. The van der Waals surface area contributed by atoms with E-state index in [0.717, 1.165) is 28.8 Å². The number of carbonyl (C=O) groups excluding carboxylic acids is 1. The Morgan fingerprint density at radius 3 is 2.59 bits per heavy atom. The highest BCUT2D eigenvalue weighted by atomic mass is 32.2. The maximum absolute atomic E-state index is 13.1. The number of benzene rings is 1. The van der Waals surface area contributed by atoms with Crippen molar-refractivity contribution in [2.24, 2.45) is 0 Å². The van der Waals surface area contributed by atoms with Crippen LogP contribution in [0.3, 0.4) is 0 Å². The third-order valence-electron chi connectivity index (χ3n) is 4.56. The van der Waals surface area contributed by atoms with Gasteiger partial charge in [-0.25, -0.2) is 0 Å². The molecular weight excluding hydrogens is 358 g/mol. The largest absolute Gasteiger partial charge is 0.507 e. The third kappa shape index (κ3) is 4.34. The highest BCUT2D eigenvalue weighted by Gasteiger charge is 2.37. The Morgan fingerprint density at radius 2 is 2.00 bits per heavy atom. The lowest BCUT2D eigenvalue weighted by Gasteiger charge is -2.24. The summed E-state index contributed by atoms with van der Waals surface area (Å²) in [6.45, 7) is 5.20. The number of aromatic hydroxyl groups is 1. The van der Waals surface area contributed by atoms with Crippen LogP contribution in [0.15, 0.2) is 41.6 Å². The number of nitrogens with zero attached hydrogens (tertiary/aromatic N) is 3. The molecule has 1 aromatic heterocycles. The summed E-state index contributed by atoms with van der Waals surface area (Å²) in [5.41, 5.74) is 3.57. The summed E-state index contributed by atoms with van der Waals surface area (Å²) < 4.78 is 0. The van der Waals surface area contributed by atoms with Crippen molar-refractivity contribution in [2.45, 2.75) is 19.2 Å². The Bertz CT molecular complexity index is 842. The van der Waals surface area contributed by atoms with E-state index in [4.69, 9.17) is 0 Å². The van der Waals surface area contributed by atoms with E-state index in [0.29, 0.717) is 17.2 Å². The Balaban J connectivity index is 1.94. The zero-order chi connectivity index (χ0) is 19.6. The smallest absolute Gasteiger partial charge is 0.261 e. The van der Waals surface area contributed by atoms with Crippen molar-refractivity contribution in [3.8, 4) is 5.75 Å². The molecule has 0 aliphatic carbocycles. The van der Waals surface area contributed by atoms with E-state index in [9.17, 15) is 9.90 Å². The molecule has 2 heterocycles. The molecule has 2 aromatic rings. The zero-order valence-corrected chi connectivity index (χ0v) is 17.0. The predicted octanol–water partition coefficient (Wildman–Crippen LogP) is 3.58. The zero-order valence-electron chi connectivity index (χ0n) is 16.1. The third-order valence-corrected chi connectivity index (χ3v) is 5.86. The van der Waals surface area contributed by atoms with E-state index in [1.165, 1.54) is 0 Å². The lowest BCUT2D eigenvalue weighted by Crippen LogP contribution is -2.34. The van der Waals surface area contributed by atoms with Crippen molar-refractivity contribution < 1.29 is 9.90 Å². The number of aryl methyl sites for hydroxylation is 2. The van der Waals surface area contributed by atoms with Crippen LogP contribution >= 0.6 is 11.8 Å². The van der Waals surface area contributed by atoms with Crippen molar-refractivity contribution in [2.75, 3.05) is 27.2 Å². The van der Waals surface area contributed by atoms with Crippen LogP contribution < -0.4 is 0 Å². The lowest BCUT2D eigenvalue weighted by atomic mass is 10.1. The van der Waals surface area contributed by atoms with Crippen LogP contribution in [0.5, 0.6) is 5.75 Å². The first-order valence-electron chi connectivity index (χ1n) is 8.91. The molecule has 6 heteroatoms. The number of rotatable bonds is 5. The number of hydrogen-bond acceptors (Lipinski definition) is 5. The SMILES string of the molecule is Cc1cc(C=C2SC(c3cccnc3)N(CCN(C)C)C2=O)cc(C)c1O. The number of pyridine rings is 1. The van der Waals surface area contributed by atoms with Gasteiger partial charge >= 0.3 is 0 Å². The average molecular weight is 384 g/mol.